The lowest BCUT2D eigenvalue weighted by Gasteiger charge is -2.08. The maximum Gasteiger partial charge on any atom is 0.186 e. The number of benzene rings is 1. The predicted octanol–water partition coefficient (Wildman–Crippen LogP) is 1.35. The first-order chi connectivity index (χ1) is 7.70. The molecule has 1 aliphatic heterocycles. The molecule has 0 amide bonds. The quantitative estimate of drug-likeness (QED) is 0.786. The van der Waals surface area contributed by atoms with E-state index in [2.05, 4.69) is 5.10 Å². The van der Waals surface area contributed by atoms with Crippen LogP contribution in [0.5, 0.6) is 5.75 Å². The van der Waals surface area contributed by atoms with E-state index >= 15 is 0 Å². The molecule has 84 valence electrons. The minimum Gasteiger partial charge on any atom is -0.497 e. The van der Waals surface area contributed by atoms with Gasteiger partial charge in [0.05, 0.1) is 12.8 Å². The molecule has 0 bridgehead atoms. The van der Waals surface area contributed by atoms with Gasteiger partial charge in [0, 0.05) is 18.5 Å². The number of hydrazone groups is 1. The Morgan fingerprint density at radius 3 is 3.00 bits per heavy atom. The van der Waals surface area contributed by atoms with E-state index in [9.17, 15) is 0 Å². The fraction of sp³-hybridized carbons (Fsp3) is 0.273. The van der Waals surface area contributed by atoms with Gasteiger partial charge in [-0.2, -0.15) is 5.10 Å². The van der Waals surface area contributed by atoms with E-state index < -0.39 is 0 Å². The fourth-order valence-electron chi connectivity index (χ4n) is 1.62. The number of nitrogens with two attached hydrogens (primary N) is 1. The van der Waals surface area contributed by atoms with Crippen molar-refractivity contribution in [1.29, 1.82) is 0 Å². The Hall–Kier alpha value is -1.62. The van der Waals surface area contributed by atoms with Crippen molar-refractivity contribution in [1.82, 2.24) is 5.01 Å². The maximum absolute atomic E-state index is 5.52. The van der Waals surface area contributed by atoms with Crippen LogP contribution in [0.1, 0.15) is 12.0 Å². The second kappa shape index (κ2) is 4.49. The molecule has 0 fully saturated rings. The van der Waals surface area contributed by atoms with Crippen LogP contribution in [-0.4, -0.2) is 29.5 Å². The van der Waals surface area contributed by atoms with Crippen LogP contribution in [0.4, 0.5) is 0 Å². The average molecular weight is 235 g/mol. The highest BCUT2D eigenvalue weighted by atomic mass is 32.1. The zero-order valence-corrected chi connectivity index (χ0v) is 9.83. The summed E-state index contributed by atoms with van der Waals surface area (Å²) in [5.41, 5.74) is 7.57. The highest BCUT2D eigenvalue weighted by Crippen LogP contribution is 2.18. The number of ether oxygens (including phenoxy) is 1. The van der Waals surface area contributed by atoms with Gasteiger partial charge in [-0.25, -0.2) is 5.01 Å². The van der Waals surface area contributed by atoms with Crippen LogP contribution in [0.15, 0.2) is 29.4 Å². The molecule has 0 atom stereocenters. The smallest absolute Gasteiger partial charge is 0.186 e. The SMILES string of the molecule is COc1cccc(C2=NN(C(N)=S)CC2)c1. The minimum atomic E-state index is 0.317. The Morgan fingerprint density at radius 2 is 2.38 bits per heavy atom. The van der Waals surface area contributed by atoms with Crippen LogP contribution in [0.3, 0.4) is 0 Å². The van der Waals surface area contributed by atoms with Gasteiger partial charge in [0.25, 0.3) is 0 Å². The number of thiocarbonyl (C=S) groups is 1. The second-order valence-corrected chi connectivity index (χ2v) is 3.91. The Bertz CT molecular complexity index is 445. The Kier molecular flexibility index (Phi) is 3.05. The van der Waals surface area contributed by atoms with Crippen molar-refractivity contribution in [3.8, 4) is 5.75 Å². The highest BCUT2D eigenvalue weighted by molar-refractivity contribution is 7.80. The molecule has 0 aromatic heterocycles. The maximum atomic E-state index is 5.52. The van der Waals surface area contributed by atoms with Crippen molar-refractivity contribution < 1.29 is 4.74 Å². The number of nitrogens with zero attached hydrogens (tertiary/aromatic N) is 2. The zero-order chi connectivity index (χ0) is 11.5. The van der Waals surface area contributed by atoms with Crippen molar-refractivity contribution >= 4 is 23.0 Å². The van der Waals surface area contributed by atoms with Crippen molar-refractivity contribution in [3.05, 3.63) is 29.8 Å². The Balaban J connectivity index is 2.25. The number of methoxy groups -OCH3 is 1. The molecule has 2 rings (SSSR count). The number of hydrogen-bond acceptors (Lipinski definition) is 3. The molecule has 5 heteroatoms. The molecule has 0 saturated carbocycles. The lowest BCUT2D eigenvalue weighted by Crippen LogP contribution is -2.28. The van der Waals surface area contributed by atoms with Gasteiger partial charge in [0.1, 0.15) is 5.75 Å². The first-order valence-electron chi connectivity index (χ1n) is 4.99. The zero-order valence-electron chi connectivity index (χ0n) is 9.01. The van der Waals surface area contributed by atoms with Crippen LogP contribution in [0.25, 0.3) is 0 Å². The molecule has 2 N–H and O–H groups in total. The van der Waals surface area contributed by atoms with Gasteiger partial charge in [0.15, 0.2) is 5.11 Å². The van der Waals surface area contributed by atoms with Crippen molar-refractivity contribution in [3.63, 3.8) is 0 Å². The van der Waals surface area contributed by atoms with Crippen molar-refractivity contribution in [2.45, 2.75) is 6.42 Å². The predicted molar refractivity (Wildman–Crippen MR) is 67.6 cm³/mol. The monoisotopic (exact) mass is 235 g/mol. The molecular weight excluding hydrogens is 222 g/mol. The topological polar surface area (TPSA) is 50.8 Å². The molecule has 1 aromatic carbocycles. The number of rotatable bonds is 2. The van der Waals surface area contributed by atoms with Crippen LogP contribution < -0.4 is 10.5 Å². The molecule has 1 aliphatic rings. The lowest BCUT2D eigenvalue weighted by molar-refractivity contribution is 0.414. The molecule has 1 aromatic rings. The molecule has 1 heterocycles. The van der Waals surface area contributed by atoms with Crippen LogP contribution >= 0.6 is 12.2 Å². The van der Waals surface area contributed by atoms with Crippen LogP contribution in [-0.2, 0) is 0 Å². The molecule has 4 nitrogen and oxygen atoms in total. The number of hydrogen-bond donors (Lipinski definition) is 1. The van der Waals surface area contributed by atoms with Crippen molar-refractivity contribution in [2.24, 2.45) is 10.8 Å². The summed E-state index contributed by atoms with van der Waals surface area (Å²) in [6.45, 7) is 0.752. The van der Waals surface area contributed by atoms with Gasteiger partial charge >= 0.3 is 0 Å². The summed E-state index contributed by atoms with van der Waals surface area (Å²) in [6.07, 6.45) is 0.852. The van der Waals surface area contributed by atoms with E-state index in [1.54, 1.807) is 12.1 Å². The molecule has 16 heavy (non-hydrogen) atoms. The van der Waals surface area contributed by atoms with Gasteiger partial charge in [-0.15, -0.1) is 0 Å². The molecule has 0 unspecified atom stereocenters. The molecule has 0 radical (unpaired) electrons. The lowest BCUT2D eigenvalue weighted by atomic mass is 10.1. The van der Waals surface area contributed by atoms with E-state index in [0.29, 0.717) is 5.11 Å². The Morgan fingerprint density at radius 1 is 1.56 bits per heavy atom. The van der Waals surface area contributed by atoms with Gasteiger partial charge in [0.2, 0.25) is 0 Å². The standard InChI is InChI=1S/C11H13N3OS/c1-15-9-4-2-3-8(7-9)10-5-6-14(13-10)11(12)16/h2-4,7H,5-6H2,1H3,(H2,12,16). The summed E-state index contributed by atoms with van der Waals surface area (Å²) in [6, 6.07) is 7.82. The molecule has 0 spiro atoms. The molecular formula is C11H13N3OS. The summed E-state index contributed by atoms with van der Waals surface area (Å²) in [5.74, 6) is 0.828. The highest BCUT2D eigenvalue weighted by Gasteiger charge is 2.17. The summed E-state index contributed by atoms with van der Waals surface area (Å²) < 4.78 is 5.17. The fourth-order valence-corrected chi connectivity index (χ4v) is 1.75. The summed E-state index contributed by atoms with van der Waals surface area (Å²) in [4.78, 5) is 0. The molecule has 0 saturated heterocycles. The first kappa shape index (κ1) is 10.9. The summed E-state index contributed by atoms with van der Waals surface area (Å²) in [7, 11) is 1.65. The van der Waals surface area contributed by atoms with Gasteiger partial charge in [-0.3, -0.25) is 0 Å². The summed E-state index contributed by atoms with van der Waals surface area (Å²) in [5, 5.41) is 6.32. The van der Waals surface area contributed by atoms with E-state index in [4.69, 9.17) is 22.7 Å². The van der Waals surface area contributed by atoms with E-state index in [1.807, 2.05) is 24.3 Å². The van der Waals surface area contributed by atoms with Gasteiger partial charge < -0.3 is 10.5 Å². The van der Waals surface area contributed by atoms with E-state index in [1.165, 1.54) is 0 Å². The third-order valence-corrected chi connectivity index (χ3v) is 2.67. The van der Waals surface area contributed by atoms with Gasteiger partial charge in [-0.05, 0) is 24.4 Å². The van der Waals surface area contributed by atoms with Crippen LogP contribution in [0.2, 0.25) is 0 Å². The van der Waals surface area contributed by atoms with Crippen molar-refractivity contribution in [2.75, 3.05) is 13.7 Å². The Labute approximate surface area is 99.7 Å². The normalized spacial score (nSPS) is 14.8. The summed E-state index contributed by atoms with van der Waals surface area (Å²) >= 11 is 4.88. The first-order valence-corrected chi connectivity index (χ1v) is 5.40. The van der Waals surface area contributed by atoms with E-state index in [0.717, 1.165) is 30.0 Å². The van der Waals surface area contributed by atoms with Crippen LogP contribution in [0, 0.1) is 0 Å². The van der Waals surface area contributed by atoms with E-state index in [-0.39, 0.29) is 0 Å². The minimum absolute atomic E-state index is 0.317. The third-order valence-electron chi connectivity index (χ3n) is 2.46. The average Bonchev–Trinajstić information content (AvgIpc) is 2.78. The third kappa shape index (κ3) is 2.14. The largest absolute Gasteiger partial charge is 0.497 e. The second-order valence-electron chi connectivity index (χ2n) is 3.49. The van der Waals surface area contributed by atoms with Gasteiger partial charge in [-0.1, -0.05) is 12.1 Å². The molecule has 0 aliphatic carbocycles.